The number of esters is 1. The van der Waals surface area contributed by atoms with E-state index in [0.29, 0.717) is 0 Å². The van der Waals surface area contributed by atoms with Gasteiger partial charge in [0.25, 0.3) is 0 Å². The van der Waals surface area contributed by atoms with Crippen molar-refractivity contribution in [1.29, 1.82) is 0 Å². The van der Waals surface area contributed by atoms with Crippen molar-refractivity contribution in [3.05, 3.63) is 42.5 Å². The average molecular weight is 277 g/mol. The SMILES string of the molecule is C=CC(=O)OC(CN)COc1ccc(CCCC)cc1. The summed E-state index contributed by atoms with van der Waals surface area (Å²) in [6.07, 6.45) is 4.11. The smallest absolute Gasteiger partial charge is 0.330 e. The third-order valence-electron chi connectivity index (χ3n) is 2.89. The van der Waals surface area contributed by atoms with Gasteiger partial charge in [0.05, 0.1) is 0 Å². The molecule has 0 bridgehead atoms. The molecule has 0 saturated carbocycles. The van der Waals surface area contributed by atoms with Crippen molar-refractivity contribution in [3.63, 3.8) is 0 Å². The first-order chi connectivity index (χ1) is 9.69. The molecule has 1 aromatic carbocycles. The summed E-state index contributed by atoms with van der Waals surface area (Å²) in [5, 5.41) is 0. The van der Waals surface area contributed by atoms with Gasteiger partial charge in [0.1, 0.15) is 18.5 Å². The number of hydrogen-bond acceptors (Lipinski definition) is 4. The standard InChI is InChI=1S/C16H23NO3/c1-3-5-6-13-7-9-14(10-8-13)19-12-15(11-17)20-16(18)4-2/h4,7-10,15H,2-3,5-6,11-12,17H2,1H3. The Morgan fingerprint density at radius 2 is 2.10 bits per heavy atom. The van der Waals surface area contributed by atoms with Gasteiger partial charge in [-0.15, -0.1) is 0 Å². The molecular weight excluding hydrogens is 254 g/mol. The molecule has 20 heavy (non-hydrogen) atoms. The lowest BCUT2D eigenvalue weighted by molar-refractivity contribution is -0.143. The van der Waals surface area contributed by atoms with Crippen LogP contribution in [-0.4, -0.2) is 25.2 Å². The van der Waals surface area contributed by atoms with Crippen molar-refractivity contribution in [3.8, 4) is 5.75 Å². The Morgan fingerprint density at radius 1 is 1.40 bits per heavy atom. The first-order valence-electron chi connectivity index (χ1n) is 6.94. The number of nitrogens with two attached hydrogens (primary N) is 1. The fourth-order valence-electron chi connectivity index (χ4n) is 1.68. The first-order valence-corrected chi connectivity index (χ1v) is 6.94. The number of carbonyl (C=O) groups excluding carboxylic acids is 1. The van der Waals surface area contributed by atoms with E-state index in [-0.39, 0.29) is 13.2 Å². The number of ether oxygens (including phenoxy) is 2. The van der Waals surface area contributed by atoms with Gasteiger partial charge in [-0.2, -0.15) is 0 Å². The monoisotopic (exact) mass is 277 g/mol. The van der Waals surface area contributed by atoms with E-state index >= 15 is 0 Å². The third-order valence-corrected chi connectivity index (χ3v) is 2.89. The number of carbonyl (C=O) groups is 1. The Labute approximate surface area is 120 Å². The van der Waals surface area contributed by atoms with Crippen molar-refractivity contribution in [1.82, 2.24) is 0 Å². The molecule has 2 N–H and O–H groups in total. The minimum Gasteiger partial charge on any atom is -0.490 e. The highest BCUT2D eigenvalue weighted by molar-refractivity contribution is 5.81. The normalized spacial score (nSPS) is 11.7. The summed E-state index contributed by atoms with van der Waals surface area (Å²) in [6.45, 7) is 5.98. The highest BCUT2D eigenvalue weighted by atomic mass is 16.6. The Kier molecular flexibility index (Phi) is 7.43. The van der Waals surface area contributed by atoms with Gasteiger partial charge in [-0.3, -0.25) is 0 Å². The lowest BCUT2D eigenvalue weighted by Crippen LogP contribution is -2.31. The largest absolute Gasteiger partial charge is 0.490 e. The van der Waals surface area contributed by atoms with Crippen LogP contribution in [0.4, 0.5) is 0 Å². The molecule has 0 aliphatic rings. The van der Waals surface area contributed by atoms with Crippen LogP contribution in [0.2, 0.25) is 0 Å². The van der Waals surface area contributed by atoms with Crippen molar-refractivity contribution < 1.29 is 14.3 Å². The maximum atomic E-state index is 11.1. The van der Waals surface area contributed by atoms with Crippen molar-refractivity contribution in [2.45, 2.75) is 32.3 Å². The molecule has 0 aromatic heterocycles. The molecule has 1 atom stereocenters. The van der Waals surface area contributed by atoms with Gasteiger partial charge >= 0.3 is 5.97 Å². The van der Waals surface area contributed by atoms with Crippen molar-refractivity contribution >= 4 is 5.97 Å². The fraction of sp³-hybridized carbons (Fsp3) is 0.438. The predicted molar refractivity (Wildman–Crippen MR) is 79.7 cm³/mol. The summed E-state index contributed by atoms with van der Waals surface area (Å²) in [5.41, 5.74) is 6.83. The molecule has 110 valence electrons. The van der Waals surface area contributed by atoms with E-state index < -0.39 is 12.1 Å². The quantitative estimate of drug-likeness (QED) is 0.556. The Bertz CT molecular complexity index is 414. The zero-order valence-corrected chi connectivity index (χ0v) is 12.0. The van der Waals surface area contributed by atoms with Crippen LogP contribution in [0, 0.1) is 0 Å². The molecule has 0 fully saturated rings. The minimum absolute atomic E-state index is 0.216. The maximum Gasteiger partial charge on any atom is 0.330 e. The topological polar surface area (TPSA) is 61.5 Å². The van der Waals surface area contributed by atoms with Crippen molar-refractivity contribution in [2.75, 3.05) is 13.2 Å². The molecule has 1 aromatic rings. The molecule has 0 spiro atoms. The molecule has 0 heterocycles. The molecule has 0 radical (unpaired) electrons. The van der Waals surface area contributed by atoms with Gasteiger partial charge < -0.3 is 15.2 Å². The van der Waals surface area contributed by atoms with Crippen LogP contribution in [-0.2, 0) is 16.0 Å². The van der Waals surface area contributed by atoms with Crippen LogP contribution in [0.25, 0.3) is 0 Å². The highest BCUT2D eigenvalue weighted by Gasteiger charge is 2.11. The van der Waals surface area contributed by atoms with Crippen LogP contribution >= 0.6 is 0 Å². The lowest BCUT2D eigenvalue weighted by Gasteiger charge is -2.16. The van der Waals surface area contributed by atoms with Crippen LogP contribution in [0.15, 0.2) is 36.9 Å². The third kappa shape index (κ3) is 5.89. The number of hydrogen-bond donors (Lipinski definition) is 1. The predicted octanol–water partition coefficient (Wildman–Crippen LogP) is 2.46. The zero-order chi connectivity index (χ0) is 14.8. The summed E-state index contributed by atoms with van der Waals surface area (Å²) >= 11 is 0. The lowest BCUT2D eigenvalue weighted by atomic mass is 10.1. The van der Waals surface area contributed by atoms with Crippen LogP contribution < -0.4 is 10.5 Å². The van der Waals surface area contributed by atoms with Gasteiger partial charge in [0, 0.05) is 12.6 Å². The van der Waals surface area contributed by atoms with E-state index in [1.807, 2.05) is 12.1 Å². The summed E-state index contributed by atoms with van der Waals surface area (Å²) in [4.78, 5) is 11.1. The second kappa shape index (κ2) is 9.15. The maximum absolute atomic E-state index is 11.1. The Balaban J connectivity index is 2.43. The molecule has 0 aliphatic carbocycles. The van der Waals surface area contributed by atoms with Gasteiger partial charge in [-0.1, -0.05) is 32.1 Å². The summed E-state index contributed by atoms with van der Waals surface area (Å²) in [7, 11) is 0. The fourth-order valence-corrected chi connectivity index (χ4v) is 1.68. The average Bonchev–Trinajstić information content (AvgIpc) is 2.50. The molecule has 0 amide bonds. The van der Waals surface area contributed by atoms with Crippen LogP contribution in [0.3, 0.4) is 0 Å². The minimum atomic E-state index is -0.487. The van der Waals surface area contributed by atoms with E-state index in [1.165, 1.54) is 18.4 Å². The van der Waals surface area contributed by atoms with E-state index in [0.717, 1.165) is 18.2 Å². The molecule has 0 saturated heterocycles. The number of unbranched alkanes of at least 4 members (excludes halogenated alkanes) is 1. The molecular formula is C16H23NO3. The molecule has 1 unspecified atom stereocenters. The van der Waals surface area contributed by atoms with E-state index in [1.54, 1.807) is 0 Å². The van der Waals surface area contributed by atoms with Gasteiger partial charge in [0.15, 0.2) is 0 Å². The summed E-state index contributed by atoms with van der Waals surface area (Å²) in [5.74, 6) is 0.261. The second-order valence-corrected chi connectivity index (χ2v) is 4.56. The molecule has 4 nitrogen and oxygen atoms in total. The summed E-state index contributed by atoms with van der Waals surface area (Å²) in [6, 6.07) is 7.96. The van der Waals surface area contributed by atoms with Crippen molar-refractivity contribution in [2.24, 2.45) is 5.73 Å². The molecule has 0 aliphatic heterocycles. The zero-order valence-electron chi connectivity index (χ0n) is 12.0. The number of benzene rings is 1. The van der Waals surface area contributed by atoms with E-state index in [9.17, 15) is 4.79 Å². The number of aryl methyl sites for hydroxylation is 1. The highest BCUT2D eigenvalue weighted by Crippen LogP contribution is 2.14. The van der Waals surface area contributed by atoms with Gasteiger partial charge in [0.2, 0.25) is 0 Å². The van der Waals surface area contributed by atoms with Crippen LogP contribution in [0.5, 0.6) is 5.75 Å². The number of rotatable bonds is 9. The Hall–Kier alpha value is -1.81. The van der Waals surface area contributed by atoms with Gasteiger partial charge in [-0.05, 0) is 30.5 Å². The molecule has 1 rings (SSSR count). The first kappa shape index (κ1) is 16.2. The molecule has 4 heteroatoms. The van der Waals surface area contributed by atoms with E-state index in [4.69, 9.17) is 15.2 Å². The van der Waals surface area contributed by atoms with Gasteiger partial charge in [-0.25, -0.2) is 4.79 Å². The Morgan fingerprint density at radius 3 is 2.65 bits per heavy atom. The van der Waals surface area contributed by atoms with E-state index in [2.05, 4.69) is 25.6 Å². The second-order valence-electron chi connectivity index (χ2n) is 4.56. The van der Waals surface area contributed by atoms with Crippen LogP contribution in [0.1, 0.15) is 25.3 Å². The summed E-state index contributed by atoms with van der Waals surface area (Å²) < 4.78 is 10.6.